The topological polar surface area (TPSA) is 268 Å². The highest BCUT2D eigenvalue weighted by atomic mass is 16.5. The van der Waals surface area contributed by atoms with E-state index < -0.39 is 11.9 Å². The molecular weight excluding hydrogens is 580 g/mol. The fourth-order valence-electron chi connectivity index (χ4n) is 3.96. The molecule has 0 radical (unpaired) electrons. The number of aromatic nitrogens is 8. The van der Waals surface area contributed by atoms with Gasteiger partial charge in [0.1, 0.15) is 6.33 Å². The fraction of sp³-hybridized carbons (Fsp3) is 0.250. The zero-order valence-electron chi connectivity index (χ0n) is 24.1. The van der Waals surface area contributed by atoms with Crippen molar-refractivity contribution in [1.29, 1.82) is 0 Å². The summed E-state index contributed by atoms with van der Waals surface area (Å²) in [5, 5.41) is 32.5. The molecule has 0 fully saturated rings. The number of carbonyl (C=O) groups is 2. The summed E-state index contributed by atoms with van der Waals surface area (Å²) in [5.74, 6) is -1.00. The van der Waals surface area contributed by atoms with E-state index >= 15 is 0 Å². The minimum Gasteiger partial charge on any atom is -0.465 e. The van der Waals surface area contributed by atoms with Gasteiger partial charge in [-0.15, -0.1) is 20.5 Å². The van der Waals surface area contributed by atoms with E-state index in [2.05, 4.69) is 50.9 Å². The average molecular weight is 605 g/mol. The lowest BCUT2D eigenvalue weighted by Crippen LogP contribution is -2.09. The number of nitrogen functional groups attached to an aromatic ring is 2. The summed E-state index contributed by atoms with van der Waals surface area (Å²) in [7, 11) is 2.45. The third-order valence-corrected chi connectivity index (χ3v) is 6.15. The summed E-state index contributed by atoms with van der Waals surface area (Å²) >= 11 is 0. The molecule has 0 aromatic carbocycles. The second-order valence-electron chi connectivity index (χ2n) is 8.98. The molecule has 0 saturated carbocycles. The molecule has 0 aliphatic rings. The summed E-state index contributed by atoms with van der Waals surface area (Å²) in [6, 6.07) is 1.53. The third-order valence-electron chi connectivity index (χ3n) is 6.15. The Hall–Kier alpha value is -6.34. The van der Waals surface area contributed by atoms with Crippen LogP contribution in [0.5, 0.6) is 0 Å². The quantitative estimate of drug-likeness (QED) is 0.189. The van der Waals surface area contributed by atoms with E-state index in [0.29, 0.717) is 11.4 Å². The van der Waals surface area contributed by atoms with Crippen molar-refractivity contribution in [2.45, 2.75) is 27.7 Å². The van der Waals surface area contributed by atoms with E-state index in [0.717, 1.165) is 0 Å². The molecule has 0 unspecified atom stereocenters. The van der Waals surface area contributed by atoms with Crippen LogP contribution in [0.3, 0.4) is 0 Å². The molecule has 0 saturated heterocycles. The molecule has 20 heteroatoms. The second-order valence-corrected chi connectivity index (χ2v) is 8.98. The molecule has 5 aromatic heterocycles. The Morgan fingerprint density at radius 1 is 0.705 bits per heavy atom. The first kappa shape index (κ1) is 29.2. The summed E-state index contributed by atoms with van der Waals surface area (Å²) in [4.78, 5) is 32.6. The first-order valence-electron chi connectivity index (χ1n) is 12.5. The van der Waals surface area contributed by atoms with Crippen LogP contribution in [0.1, 0.15) is 43.5 Å². The van der Waals surface area contributed by atoms with Crippen LogP contribution in [0.2, 0.25) is 0 Å². The van der Waals surface area contributed by atoms with Crippen LogP contribution in [0, 0.1) is 27.7 Å². The zero-order chi connectivity index (χ0) is 31.7. The molecule has 5 aromatic rings. The smallest absolute Gasteiger partial charge is 0.345 e. The van der Waals surface area contributed by atoms with Crippen LogP contribution >= 0.6 is 0 Å². The van der Waals surface area contributed by atoms with Gasteiger partial charge in [0.2, 0.25) is 0 Å². The Morgan fingerprint density at radius 3 is 1.50 bits per heavy atom. The number of aryl methyl sites for hydroxylation is 4. The average Bonchev–Trinajstić information content (AvgIpc) is 3.73. The summed E-state index contributed by atoms with van der Waals surface area (Å²) < 4.78 is 22.3. The largest absolute Gasteiger partial charge is 0.465 e. The Kier molecular flexibility index (Phi) is 7.62. The number of hydrogen-bond acceptors (Lipinski definition) is 18. The normalized spacial score (nSPS) is 11.6. The molecule has 44 heavy (non-hydrogen) atoms. The highest BCUT2D eigenvalue weighted by molar-refractivity contribution is 5.95. The number of ether oxygens (including phenoxy) is 2. The molecule has 4 N–H and O–H groups in total. The van der Waals surface area contributed by atoms with Crippen molar-refractivity contribution in [3.8, 4) is 11.6 Å². The van der Waals surface area contributed by atoms with Crippen molar-refractivity contribution in [1.82, 2.24) is 39.8 Å². The van der Waals surface area contributed by atoms with Gasteiger partial charge in [-0.3, -0.25) is 0 Å². The Morgan fingerprint density at radius 2 is 1.11 bits per heavy atom. The van der Waals surface area contributed by atoms with Crippen molar-refractivity contribution in [3.63, 3.8) is 0 Å². The van der Waals surface area contributed by atoms with E-state index in [1.165, 1.54) is 36.0 Å². The second kappa shape index (κ2) is 11.5. The van der Waals surface area contributed by atoms with E-state index in [-0.39, 0.29) is 68.9 Å². The maximum atomic E-state index is 12.1. The predicted octanol–water partition coefficient (Wildman–Crippen LogP) is 3.63. The molecule has 5 rings (SSSR count). The van der Waals surface area contributed by atoms with Crippen LogP contribution < -0.4 is 11.5 Å². The van der Waals surface area contributed by atoms with Gasteiger partial charge in [0.05, 0.1) is 37.0 Å². The number of azo groups is 2. The number of nitrogens with zero attached hydrogens (tertiary/aromatic N) is 12. The van der Waals surface area contributed by atoms with Crippen molar-refractivity contribution >= 4 is 46.7 Å². The molecule has 5 heterocycles. The van der Waals surface area contributed by atoms with Crippen molar-refractivity contribution in [2.75, 3.05) is 25.7 Å². The van der Waals surface area contributed by atoms with Crippen LogP contribution in [0.4, 0.5) is 34.8 Å². The molecular formula is C24H24N14O6. The van der Waals surface area contributed by atoms with Gasteiger partial charge in [-0.25, -0.2) is 19.6 Å². The number of anilines is 2. The molecule has 0 aliphatic heterocycles. The van der Waals surface area contributed by atoms with E-state index in [9.17, 15) is 9.59 Å². The molecule has 226 valence electrons. The molecule has 0 amide bonds. The van der Waals surface area contributed by atoms with Crippen LogP contribution in [-0.2, 0) is 9.47 Å². The maximum Gasteiger partial charge on any atom is 0.345 e. The molecule has 0 spiro atoms. The molecule has 0 aliphatic carbocycles. The molecule has 0 atom stereocenters. The Labute approximate surface area is 246 Å². The van der Waals surface area contributed by atoms with E-state index in [1.807, 2.05) is 0 Å². The first-order chi connectivity index (χ1) is 21.0. The standard InChI is InChI=1S/C24H24N14O6/c1-9-15(23(39)41-5)21(43-35-9)31-29-17-11(3)33-37(19(17)25)13-7-14(28-8-27-13)38-20(26)18(12(4)34-38)30-32-22-16(24(40)42-6)10(2)36-44-22/h7-8H,25-26H2,1-6H3/b31-29+,32-30+. The van der Waals surface area contributed by atoms with Gasteiger partial charge in [-0.2, -0.15) is 19.6 Å². The minimum atomic E-state index is -0.677. The third kappa shape index (κ3) is 5.10. The zero-order valence-corrected chi connectivity index (χ0v) is 24.1. The summed E-state index contributed by atoms with van der Waals surface area (Å²) in [5.41, 5.74) is 14.5. The number of methoxy groups -OCH3 is 2. The summed E-state index contributed by atoms with van der Waals surface area (Å²) in [6.45, 7) is 6.45. The lowest BCUT2D eigenvalue weighted by molar-refractivity contribution is 0.0591. The lowest BCUT2D eigenvalue weighted by atomic mass is 10.2. The Bertz CT molecular complexity index is 1830. The van der Waals surface area contributed by atoms with Crippen molar-refractivity contribution in [3.05, 3.63) is 46.3 Å². The van der Waals surface area contributed by atoms with Crippen LogP contribution in [0.15, 0.2) is 41.9 Å². The maximum absolute atomic E-state index is 12.1. The lowest BCUT2D eigenvalue weighted by Gasteiger charge is -2.06. The first-order valence-corrected chi connectivity index (χ1v) is 12.5. The number of hydrogen-bond donors (Lipinski definition) is 2. The summed E-state index contributed by atoms with van der Waals surface area (Å²) in [6.07, 6.45) is 1.26. The number of rotatable bonds is 8. The van der Waals surface area contributed by atoms with Gasteiger partial charge >= 0.3 is 11.9 Å². The Balaban J connectivity index is 1.46. The highest BCUT2D eigenvalue weighted by Gasteiger charge is 2.24. The van der Waals surface area contributed by atoms with Gasteiger partial charge in [0.15, 0.2) is 45.8 Å². The number of nitrogens with two attached hydrogens (primary N) is 2. The van der Waals surface area contributed by atoms with Crippen molar-refractivity contribution < 1.29 is 28.1 Å². The molecule has 0 bridgehead atoms. The molecule has 20 nitrogen and oxygen atoms in total. The number of esters is 2. The van der Waals surface area contributed by atoms with Gasteiger partial charge < -0.3 is 30.0 Å². The van der Waals surface area contributed by atoms with Gasteiger partial charge in [0.25, 0.3) is 11.8 Å². The SMILES string of the molecule is COC(=O)c1c(C)noc1/N=N/c1c(C)nn(-c2cc(-n3nc(C)c(/N=N/c4onc(C)c4C(=O)OC)c3N)ncn2)c1N. The van der Waals surface area contributed by atoms with Gasteiger partial charge in [0, 0.05) is 6.07 Å². The van der Waals surface area contributed by atoms with Crippen LogP contribution in [0.25, 0.3) is 11.6 Å². The van der Waals surface area contributed by atoms with Crippen LogP contribution in [-0.4, -0.2) is 66.0 Å². The monoisotopic (exact) mass is 604 g/mol. The van der Waals surface area contributed by atoms with Gasteiger partial charge in [-0.05, 0) is 27.7 Å². The van der Waals surface area contributed by atoms with E-state index in [1.54, 1.807) is 27.7 Å². The van der Waals surface area contributed by atoms with Gasteiger partial charge in [-0.1, -0.05) is 10.3 Å². The minimum absolute atomic E-state index is 0.0335. The highest BCUT2D eigenvalue weighted by Crippen LogP contribution is 2.34. The number of carbonyl (C=O) groups excluding carboxylic acids is 2. The predicted molar refractivity (Wildman–Crippen MR) is 148 cm³/mol. The fourth-order valence-corrected chi connectivity index (χ4v) is 3.96. The van der Waals surface area contributed by atoms with Crippen molar-refractivity contribution in [2.24, 2.45) is 20.5 Å². The van der Waals surface area contributed by atoms with E-state index in [4.69, 9.17) is 30.0 Å².